The first-order valence-corrected chi connectivity index (χ1v) is 10.0. The fraction of sp³-hybridized carbons (Fsp3) is 0.308. The van der Waals surface area contributed by atoms with Crippen LogP contribution < -0.4 is 14.5 Å². The molecule has 3 heteroatoms. The maximum absolute atomic E-state index is 5.55. The van der Waals surface area contributed by atoms with Gasteiger partial charge in [-0.3, -0.25) is 0 Å². The number of hydrogen-bond donors (Lipinski definition) is 0. The molecule has 0 N–H and O–H groups in total. The van der Waals surface area contributed by atoms with Gasteiger partial charge < -0.3 is 14.5 Å². The van der Waals surface area contributed by atoms with Crippen molar-refractivity contribution in [3.8, 4) is 5.75 Å². The van der Waals surface area contributed by atoms with Crippen molar-refractivity contribution in [1.29, 1.82) is 0 Å². The molecule has 0 unspecified atom stereocenters. The summed E-state index contributed by atoms with van der Waals surface area (Å²) in [5, 5.41) is 0. The van der Waals surface area contributed by atoms with E-state index >= 15 is 0 Å². The van der Waals surface area contributed by atoms with Gasteiger partial charge in [0.1, 0.15) is 5.75 Å². The highest BCUT2D eigenvalue weighted by atomic mass is 16.5. The van der Waals surface area contributed by atoms with Crippen molar-refractivity contribution in [2.45, 2.75) is 19.8 Å². The third kappa shape index (κ3) is 4.24. The predicted molar refractivity (Wildman–Crippen MR) is 125 cm³/mol. The second-order valence-electron chi connectivity index (χ2n) is 8.01. The summed E-state index contributed by atoms with van der Waals surface area (Å²) >= 11 is 0. The zero-order valence-electron chi connectivity index (χ0n) is 18.7. The van der Waals surface area contributed by atoms with E-state index in [-0.39, 0.29) is 5.92 Å². The summed E-state index contributed by atoms with van der Waals surface area (Å²) in [4.78, 5) is 4.26. The fourth-order valence-corrected chi connectivity index (χ4v) is 3.83. The highest BCUT2D eigenvalue weighted by molar-refractivity contribution is 5.56. The number of benzene rings is 3. The molecule has 0 heterocycles. The van der Waals surface area contributed by atoms with Gasteiger partial charge in [0.15, 0.2) is 0 Å². The van der Waals surface area contributed by atoms with Crippen LogP contribution in [-0.4, -0.2) is 35.3 Å². The summed E-state index contributed by atoms with van der Waals surface area (Å²) in [6.45, 7) is 4.33. The molecule has 0 aliphatic carbocycles. The summed E-state index contributed by atoms with van der Waals surface area (Å²) in [5.74, 6) is 1.11. The van der Waals surface area contributed by atoms with Crippen LogP contribution in [0.25, 0.3) is 0 Å². The van der Waals surface area contributed by atoms with Crippen molar-refractivity contribution in [1.82, 2.24) is 0 Å². The second-order valence-corrected chi connectivity index (χ2v) is 8.01. The first-order chi connectivity index (χ1) is 13.8. The minimum Gasteiger partial charge on any atom is -0.496 e. The minimum atomic E-state index is 0.173. The van der Waals surface area contributed by atoms with Gasteiger partial charge in [-0.25, -0.2) is 0 Å². The van der Waals surface area contributed by atoms with Gasteiger partial charge in [-0.2, -0.15) is 0 Å². The molecule has 0 aliphatic heterocycles. The lowest BCUT2D eigenvalue weighted by Gasteiger charge is -2.24. The van der Waals surface area contributed by atoms with Gasteiger partial charge in [-0.05, 0) is 72.0 Å². The van der Waals surface area contributed by atoms with Crippen LogP contribution in [0.5, 0.6) is 5.75 Å². The zero-order chi connectivity index (χ0) is 21.1. The van der Waals surface area contributed by atoms with Crippen molar-refractivity contribution in [2.75, 3.05) is 45.1 Å². The molecule has 0 bridgehead atoms. The SMILES string of the molecule is COc1ccc(C(c2ccc(N(C)C)cc2)c2ccc(N(C)C)cc2)c(C)c1C. The highest BCUT2D eigenvalue weighted by Crippen LogP contribution is 2.38. The van der Waals surface area contributed by atoms with Crippen molar-refractivity contribution >= 4 is 11.4 Å². The summed E-state index contributed by atoms with van der Waals surface area (Å²) in [6.07, 6.45) is 0. The standard InChI is InChI=1S/C26H32N2O/c1-18-19(2)25(29-7)17-16-24(18)26(20-8-12-22(13-9-20)27(3)4)21-10-14-23(15-11-21)28(5)6/h8-17,26H,1-7H3. The molecule has 0 atom stereocenters. The van der Waals surface area contributed by atoms with Crippen molar-refractivity contribution in [3.63, 3.8) is 0 Å². The van der Waals surface area contributed by atoms with E-state index in [2.05, 4.69) is 113 Å². The van der Waals surface area contributed by atoms with E-state index < -0.39 is 0 Å². The average Bonchev–Trinajstić information content (AvgIpc) is 2.72. The van der Waals surface area contributed by atoms with Crippen LogP contribution in [0.2, 0.25) is 0 Å². The Morgan fingerprint density at radius 2 is 1.07 bits per heavy atom. The Balaban J connectivity index is 2.15. The largest absolute Gasteiger partial charge is 0.496 e. The van der Waals surface area contributed by atoms with Gasteiger partial charge in [-0.15, -0.1) is 0 Å². The predicted octanol–water partition coefficient (Wildman–Crippen LogP) is 5.62. The molecule has 3 nitrogen and oxygen atoms in total. The smallest absolute Gasteiger partial charge is 0.122 e. The van der Waals surface area contributed by atoms with E-state index in [4.69, 9.17) is 4.74 Å². The number of rotatable bonds is 6. The van der Waals surface area contributed by atoms with E-state index in [1.807, 2.05) is 0 Å². The van der Waals surface area contributed by atoms with E-state index in [9.17, 15) is 0 Å². The van der Waals surface area contributed by atoms with Gasteiger partial charge in [-0.1, -0.05) is 30.3 Å². The van der Waals surface area contributed by atoms with Gasteiger partial charge in [0.2, 0.25) is 0 Å². The molecule has 0 aliphatic rings. The number of methoxy groups -OCH3 is 1. The normalized spacial score (nSPS) is 10.9. The third-order valence-electron chi connectivity index (χ3n) is 5.80. The molecule has 0 amide bonds. The molecule has 0 aromatic heterocycles. The zero-order valence-corrected chi connectivity index (χ0v) is 18.7. The lowest BCUT2D eigenvalue weighted by Crippen LogP contribution is -2.11. The number of anilines is 2. The van der Waals surface area contributed by atoms with Crippen molar-refractivity contribution < 1.29 is 4.74 Å². The summed E-state index contributed by atoms with van der Waals surface area (Å²) in [7, 11) is 10.0. The average molecular weight is 389 g/mol. The lowest BCUT2D eigenvalue weighted by atomic mass is 9.82. The number of hydrogen-bond acceptors (Lipinski definition) is 3. The molecular formula is C26H32N2O. The number of ether oxygens (including phenoxy) is 1. The minimum absolute atomic E-state index is 0.173. The maximum atomic E-state index is 5.55. The Bertz CT molecular complexity index is 906. The monoisotopic (exact) mass is 388 g/mol. The van der Waals surface area contributed by atoms with Crippen molar-refractivity contribution in [3.05, 3.63) is 88.5 Å². The van der Waals surface area contributed by atoms with Crippen LogP contribution >= 0.6 is 0 Å². The highest BCUT2D eigenvalue weighted by Gasteiger charge is 2.21. The Morgan fingerprint density at radius 1 is 0.621 bits per heavy atom. The molecule has 3 aromatic rings. The molecular weight excluding hydrogens is 356 g/mol. The summed E-state index contributed by atoms with van der Waals surface area (Å²) in [5.41, 5.74) is 8.80. The lowest BCUT2D eigenvalue weighted by molar-refractivity contribution is 0.411. The summed E-state index contributed by atoms with van der Waals surface area (Å²) in [6, 6.07) is 22.1. The maximum Gasteiger partial charge on any atom is 0.122 e. The summed E-state index contributed by atoms with van der Waals surface area (Å²) < 4.78 is 5.55. The Morgan fingerprint density at radius 3 is 1.45 bits per heavy atom. The van der Waals surface area contributed by atoms with Gasteiger partial charge >= 0.3 is 0 Å². The van der Waals surface area contributed by atoms with Gasteiger partial charge in [0.25, 0.3) is 0 Å². The first-order valence-electron chi connectivity index (χ1n) is 10.0. The Hall–Kier alpha value is -2.94. The first kappa shape index (κ1) is 20.8. The van der Waals surface area contributed by atoms with E-state index in [1.165, 1.54) is 39.2 Å². The molecule has 29 heavy (non-hydrogen) atoms. The van der Waals surface area contributed by atoms with E-state index in [0.717, 1.165) is 5.75 Å². The van der Waals surface area contributed by atoms with Crippen LogP contribution in [-0.2, 0) is 0 Å². The molecule has 152 valence electrons. The van der Waals surface area contributed by atoms with Gasteiger partial charge in [0.05, 0.1) is 7.11 Å². The van der Waals surface area contributed by atoms with Crippen LogP contribution in [0.4, 0.5) is 11.4 Å². The van der Waals surface area contributed by atoms with E-state index in [0.29, 0.717) is 0 Å². The third-order valence-corrected chi connectivity index (χ3v) is 5.80. The molecule has 0 spiro atoms. The number of nitrogens with zero attached hydrogens (tertiary/aromatic N) is 2. The van der Waals surface area contributed by atoms with Crippen molar-refractivity contribution in [2.24, 2.45) is 0 Å². The topological polar surface area (TPSA) is 15.7 Å². The molecule has 0 radical (unpaired) electrons. The molecule has 3 aromatic carbocycles. The molecule has 0 saturated carbocycles. The van der Waals surface area contributed by atoms with Crippen LogP contribution in [0.1, 0.15) is 33.7 Å². The van der Waals surface area contributed by atoms with Crippen LogP contribution in [0.3, 0.4) is 0 Å². The molecule has 0 fully saturated rings. The van der Waals surface area contributed by atoms with Crippen LogP contribution in [0, 0.1) is 13.8 Å². The Kier molecular flexibility index (Phi) is 6.17. The quantitative estimate of drug-likeness (QED) is 0.509. The Labute approximate surface area is 175 Å². The van der Waals surface area contributed by atoms with Gasteiger partial charge in [0, 0.05) is 45.5 Å². The fourth-order valence-electron chi connectivity index (χ4n) is 3.83. The van der Waals surface area contributed by atoms with Crippen LogP contribution in [0.15, 0.2) is 60.7 Å². The molecule has 3 rings (SSSR count). The van der Waals surface area contributed by atoms with E-state index in [1.54, 1.807) is 7.11 Å². The molecule has 0 saturated heterocycles. The second kappa shape index (κ2) is 8.60.